The van der Waals surface area contributed by atoms with Gasteiger partial charge in [0.1, 0.15) is 5.69 Å². The summed E-state index contributed by atoms with van der Waals surface area (Å²) in [5.74, 6) is 0.269. The standard InChI is InChI=1S/C19H21Cl2IN2O2S/c1-2-3-4-5-9-12-19(21,22)27-18(25)26-15-13-16(20)23-24-17(15)14-10-7-6-8-11-14/h6-8,10-11,13H,2-5,9,12H2,1H3. The average molecular weight is 539 g/mol. The highest BCUT2D eigenvalue weighted by Gasteiger charge is 2.29. The summed E-state index contributed by atoms with van der Waals surface area (Å²) in [6, 6.07) is 10.9. The van der Waals surface area contributed by atoms with Gasteiger partial charge in [-0.1, -0.05) is 92.6 Å². The van der Waals surface area contributed by atoms with Crippen molar-refractivity contribution in [3.8, 4) is 17.0 Å². The third-order valence-corrected chi connectivity index (χ3v) is 6.33. The Bertz CT molecular complexity index is 748. The molecule has 0 saturated carbocycles. The van der Waals surface area contributed by atoms with Crippen LogP contribution in [-0.4, -0.2) is 17.7 Å². The van der Waals surface area contributed by atoms with E-state index in [4.69, 9.17) is 27.9 Å². The van der Waals surface area contributed by atoms with Gasteiger partial charge in [-0.3, -0.25) is 0 Å². The van der Waals surface area contributed by atoms with Crippen molar-refractivity contribution in [2.45, 2.75) is 47.7 Å². The molecule has 0 spiro atoms. The highest BCUT2D eigenvalue weighted by molar-refractivity contribution is 14.1. The Kier molecular flexibility index (Phi) is 9.62. The maximum atomic E-state index is 12.4. The summed E-state index contributed by atoms with van der Waals surface area (Å²) in [6.07, 6.45) is 6.43. The summed E-state index contributed by atoms with van der Waals surface area (Å²) in [4.78, 5) is 12.4. The molecule has 1 heterocycles. The van der Waals surface area contributed by atoms with Crippen LogP contribution in [0.2, 0.25) is 5.15 Å². The SMILES string of the molecule is CCCCCCCC(Cl)(I)SC(=O)Oc1cc(Cl)nnc1-c1ccccc1. The first-order valence-electron chi connectivity index (χ1n) is 8.78. The molecule has 0 aliphatic heterocycles. The summed E-state index contributed by atoms with van der Waals surface area (Å²) in [5.41, 5.74) is 1.25. The van der Waals surface area contributed by atoms with Crippen molar-refractivity contribution in [2.75, 3.05) is 0 Å². The minimum Gasteiger partial charge on any atom is -0.416 e. The number of hydrogen-bond donors (Lipinski definition) is 0. The average Bonchev–Trinajstić information content (AvgIpc) is 2.62. The van der Waals surface area contributed by atoms with E-state index >= 15 is 0 Å². The van der Waals surface area contributed by atoms with Crippen molar-refractivity contribution in [1.82, 2.24) is 10.2 Å². The maximum Gasteiger partial charge on any atom is 0.375 e. The van der Waals surface area contributed by atoms with Crippen LogP contribution in [-0.2, 0) is 0 Å². The molecule has 2 rings (SSSR count). The molecule has 0 fully saturated rings. The molecule has 0 N–H and O–H groups in total. The second-order valence-corrected chi connectivity index (χ2v) is 11.7. The minimum absolute atomic E-state index is 0.157. The zero-order valence-electron chi connectivity index (χ0n) is 15.0. The van der Waals surface area contributed by atoms with Crippen LogP contribution in [0.25, 0.3) is 11.3 Å². The highest BCUT2D eigenvalue weighted by atomic mass is 127. The van der Waals surface area contributed by atoms with E-state index in [1.165, 1.54) is 25.3 Å². The number of thioether (sulfide) groups is 1. The van der Waals surface area contributed by atoms with Gasteiger partial charge in [0.25, 0.3) is 0 Å². The molecule has 146 valence electrons. The highest BCUT2D eigenvalue weighted by Crippen LogP contribution is 2.43. The second kappa shape index (κ2) is 11.4. The lowest BCUT2D eigenvalue weighted by Gasteiger charge is -2.18. The normalized spacial score (nSPS) is 13.2. The van der Waals surface area contributed by atoms with E-state index in [9.17, 15) is 4.79 Å². The molecule has 0 aliphatic carbocycles. The predicted molar refractivity (Wildman–Crippen MR) is 122 cm³/mol. The quantitative estimate of drug-likeness (QED) is 0.141. The number of benzene rings is 1. The first kappa shape index (κ1) is 22.7. The summed E-state index contributed by atoms with van der Waals surface area (Å²) in [5, 5.41) is 7.59. The van der Waals surface area contributed by atoms with Crippen LogP contribution in [0.4, 0.5) is 4.79 Å². The molecule has 1 aromatic heterocycles. The molecule has 2 aromatic rings. The van der Waals surface area contributed by atoms with Gasteiger partial charge in [0.2, 0.25) is 0 Å². The van der Waals surface area contributed by atoms with Crippen LogP contribution in [0.15, 0.2) is 36.4 Å². The van der Waals surface area contributed by atoms with Crippen molar-refractivity contribution >= 4 is 62.9 Å². The number of nitrogens with zero attached hydrogens (tertiary/aromatic N) is 2. The van der Waals surface area contributed by atoms with E-state index in [1.54, 1.807) is 0 Å². The van der Waals surface area contributed by atoms with Crippen molar-refractivity contribution in [2.24, 2.45) is 0 Å². The van der Waals surface area contributed by atoms with Crippen molar-refractivity contribution in [3.63, 3.8) is 0 Å². The summed E-state index contributed by atoms with van der Waals surface area (Å²) >= 11 is 15.5. The number of alkyl halides is 2. The third-order valence-electron chi connectivity index (χ3n) is 3.77. The number of rotatable bonds is 9. The van der Waals surface area contributed by atoms with E-state index in [2.05, 4.69) is 39.7 Å². The van der Waals surface area contributed by atoms with Gasteiger partial charge in [0, 0.05) is 11.6 Å². The van der Waals surface area contributed by atoms with Crippen LogP contribution < -0.4 is 4.74 Å². The molecule has 0 radical (unpaired) electrons. The topological polar surface area (TPSA) is 52.1 Å². The van der Waals surface area contributed by atoms with E-state index in [0.717, 1.165) is 36.6 Å². The van der Waals surface area contributed by atoms with E-state index in [0.29, 0.717) is 5.69 Å². The number of carbonyl (C=O) groups excluding carboxylic acids is 1. The van der Waals surface area contributed by atoms with Gasteiger partial charge in [-0.25, -0.2) is 4.79 Å². The number of unbranched alkanes of at least 4 members (excludes halogenated alkanes) is 4. The molecule has 0 amide bonds. The predicted octanol–water partition coefficient (Wildman–Crippen LogP) is 7.72. The Hall–Kier alpha value is -0.570. The number of aromatic nitrogens is 2. The summed E-state index contributed by atoms with van der Waals surface area (Å²) < 4.78 is 4.77. The Morgan fingerprint density at radius 3 is 2.59 bits per heavy atom. The Morgan fingerprint density at radius 2 is 1.89 bits per heavy atom. The Balaban J connectivity index is 2.00. The smallest absolute Gasteiger partial charge is 0.375 e. The largest absolute Gasteiger partial charge is 0.416 e. The van der Waals surface area contributed by atoms with E-state index in [1.807, 2.05) is 30.3 Å². The molecule has 0 bridgehead atoms. The van der Waals surface area contributed by atoms with Gasteiger partial charge in [-0.15, -0.1) is 10.2 Å². The Morgan fingerprint density at radius 1 is 1.19 bits per heavy atom. The van der Waals surface area contributed by atoms with Gasteiger partial charge >= 0.3 is 5.30 Å². The third kappa shape index (κ3) is 8.13. The number of halogens is 3. The van der Waals surface area contributed by atoms with Crippen LogP contribution in [0.5, 0.6) is 5.75 Å². The zero-order chi connectivity index (χ0) is 19.7. The van der Waals surface area contributed by atoms with Gasteiger partial charge in [-0.2, -0.15) is 0 Å². The number of hydrogen-bond acceptors (Lipinski definition) is 5. The molecule has 8 heteroatoms. The molecule has 4 nitrogen and oxygen atoms in total. The monoisotopic (exact) mass is 538 g/mol. The van der Waals surface area contributed by atoms with E-state index < -0.39 is 7.51 Å². The minimum atomic E-state index is -0.738. The van der Waals surface area contributed by atoms with Crippen molar-refractivity contribution < 1.29 is 9.53 Å². The molecular formula is C19H21Cl2IN2O2S. The number of carbonyl (C=O) groups is 1. The lowest BCUT2D eigenvalue weighted by atomic mass is 10.1. The fourth-order valence-corrected chi connectivity index (χ4v) is 4.45. The van der Waals surface area contributed by atoms with Crippen molar-refractivity contribution in [1.29, 1.82) is 0 Å². The van der Waals surface area contributed by atoms with Crippen LogP contribution in [0, 0.1) is 0 Å². The lowest BCUT2D eigenvalue weighted by Crippen LogP contribution is -2.13. The summed E-state index contributed by atoms with van der Waals surface area (Å²) in [6.45, 7) is 2.18. The first-order valence-corrected chi connectivity index (χ1v) is 11.4. The van der Waals surface area contributed by atoms with Gasteiger partial charge in [0.05, 0.1) is 0 Å². The van der Waals surface area contributed by atoms with Gasteiger partial charge in [-0.05, 0) is 40.8 Å². The molecule has 0 saturated heterocycles. The van der Waals surface area contributed by atoms with Gasteiger partial charge < -0.3 is 4.74 Å². The lowest BCUT2D eigenvalue weighted by molar-refractivity contribution is 0.227. The fourth-order valence-electron chi connectivity index (χ4n) is 2.44. The first-order chi connectivity index (χ1) is 12.9. The van der Waals surface area contributed by atoms with Gasteiger partial charge in [0.15, 0.2) is 13.1 Å². The molecule has 1 aromatic carbocycles. The van der Waals surface area contributed by atoms with Crippen LogP contribution in [0.1, 0.15) is 45.4 Å². The van der Waals surface area contributed by atoms with Crippen molar-refractivity contribution in [3.05, 3.63) is 41.6 Å². The maximum absolute atomic E-state index is 12.4. The fraction of sp³-hybridized carbons (Fsp3) is 0.421. The van der Waals surface area contributed by atoms with Crippen LogP contribution >= 0.6 is 57.6 Å². The molecule has 1 atom stereocenters. The van der Waals surface area contributed by atoms with E-state index in [-0.39, 0.29) is 10.9 Å². The number of ether oxygens (including phenoxy) is 1. The molecule has 1 unspecified atom stereocenters. The zero-order valence-corrected chi connectivity index (χ0v) is 19.4. The summed E-state index contributed by atoms with van der Waals surface area (Å²) in [7, 11) is 0. The molecule has 0 aliphatic rings. The molecule has 27 heavy (non-hydrogen) atoms. The second-order valence-electron chi connectivity index (χ2n) is 6.00. The Labute approximate surface area is 187 Å². The van der Waals surface area contributed by atoms with Crippen LogP contribution in [0.3, 0.4) is 0 Å². The molecular weight excluding hydrogens is 518 g/mol.